The van der Waals surface area contributed by atoms with Crippen molar-refractivity contribution in [3.05, 3.63) is 12.4 Å². The highest BCUT2D eigenvalue weighted by molar-refractivity contribution is 7.89. The molecule has 1 unspecified atom stereocenters. The first-order valence-corrected chi connectivity index (χ1v) is 7.13. The number of hydrogen-bond acceptors (Lipinski definition) is 4. The first-order valence-electron chi connectivity index (χ1n) is 5.69. The summed E-state index contributed by atoms with van der Waals surface area (Å²) in [5, 5.41) is 15.6. The molecule has 1 aliphatic rings. The summed E-state index contributed by atoms with van der Waals surface area (Å²) in [4.78, 5) is 0.202. The van der Waals surface area contributed by atoms with Crippen LogP contribution in [0.4, 0.5) is 0 Å². The molecule has 2 rings (SSSR count). The lowest BCUT2D eigenvalue weighted by molar-refractivity contribution is 0.0912. The van der Waals surface area contributed by atoms with Gasteiger partial charge in [-0.15, -0.1) is 0 Å². The van der Waals surface area contributed by atoms with Gasteiger partial charge in [0.25, 0.3) is 0 Å². The number of aliphatic hydroxyl groups excluding tert-OH is 1. The van der Waals surface area contributed by atoms with Gasteiger partial charge >= 0.3 is 0 Å². The standard InChI is InChI=1S/C10H17N3O3S/c1-8(14)9-2-4-13(5-3-9)17(15,16)10-6-11-12-7-10/h6-9,14H,2-5H2,1H3,(H,11,12). The zero-order valence-electron chi connectivity index (χ0n) is 9.70. The number of nitrogens with zero attached hydrogens (tertiary/aromatic N) is 2. The SMILES string of the molecule is CC(O)C1CCN(S(=O)(=O)c2cn[nH]c2)CC1. The molecule has 1 atom stereocenters. The molecule has 2 N–H and O–H groups in total. The van der Waals surface area contributed by atoms with Gasteiger partial charge in [0.1, 0.15) is 4.90 Å². The summed E-state index contributed by atoms with van der Waals surface area (Å²) in [6, 6.07) is 0. The van der Waals surface area contributed by atoms with Crippen LogP contribution in [-0.4, -0.2) is 47.2 Å². The molecule has 0 bridgehead atoms. The molecule has 0 amide bonds. The van der Waals surface area contributed by atoms with Crippen molar-refractivity contribution in [3.8, 4) is 0 Å². The molecule has 1 saturated heterocycles. The second kappa shape index (κ2) is 4.75. The highest BCUT2D eigenvalue weighted by atomic mass is 32.2. The lowest BCUT2D eigenvalue weighted by atomic mass is 9.93. The van der Waals surface area contributed by atoms with Crippen molar-refractivity contribution in [1.29, 1.82) is 0 Å². The second-order valence-electron chi connectivity index (χ2n) is 4.42. The van der Waals surface area contributed by atoms with Gasteiger partial charge in [-0.1, -0.05) is 0 Å². The average molecular weight is 259 g/mol. The van der Waals surface area contributed by atoms with Gasteiger partial charge in [-0.3, -0.25) is 5.10 Å². The van der Waals surface area contributed by atoms with Gasteiger partial charge in [-0.25, -0.2) is 8.42 Å². The molecular formula is C10H17N3O3S. The van der Waals surface area contributed by atoms with E-state index in [1.54, 1.807) is 6.92 Å². The Bertz CT molecular complexity index is 447. The van der Waals surface area contributed by atoms with E-state index in [-0.39, 0.29) is 16.9 Å². The van der Waals surface area contributed by atoms with Crippen LogP contribution in [0, 0.1) is 5.92 Å². The fraction of sp³-hybridized carbons (Fsp3) is 0.700. The Morgan fingerprint density at radius 1 is 1.53 bits per heavy atom. The van der Waals surface area contributed by atoms with Gasteiger partial charge in [0.05, 0.1) is 12.3 Å². The van der Waals surface area contributed by atoms with Crippen molar-refractivity contribution in [2.24, 2.45) is 5.92 Å². The molecule has 17 heavy (non-hydrogen) atoms. The van der Waals surface area contributed by atoms with Crippen LogP contribution in [-0.2, 0) is 10.0 Å². The molecule has 0 spiro atoms. The van der Waals surface area contributed by atoms with E-state index in [4.69, 9.17) is 0 Å². The molecule has 0 radical (unpaired) electrons. The van der Waals surface area contributed by atoms with Crippen molar-refractivity contribution in [3.63, 3.8) is 0 Å². The van der Waals surface area contributed by atoms with Gasteiger partial charge in [0.2, 0.25) is 10.0 Å². The number of rotatable bonds is 3. The van der Waals surface area contributed by atoms with Crippen molar-refractivity contribution in [1.82, 2.24) is 14.5 Å². The third-order valence-corrected chi connectivity index (χ3v) is 5.16. The Morgan fingerprint density at radius 2 is 2.18 bits per heavy atom. The molecule has 1 aromatic rings. The number of aliphatic hydroxyl groups is 1. The summed E-state index contributed by atoms with van der Waals surface area (Å²) in [6.07, 6.45) is 3.74. The zero-order chi connectivity index (χ0) is 12.5. The highest BCUT2D eigenvalue weighted by Gasteiger charge is 2.31. The molecule has 96 valence electrons. The molecule has 0 aliphatic carbocycles. The molecule has 1 aliphatic heterocycles. The average Bonchev–Trinajstić information content (AvgIpc) is 2.83. The van der Waals surface area contributed by atoms with E-state index in [9.17, 15) is 13.5 Å². The van der Waals surface area contributed by atoms with E-state index in [0.29, 0.717) is 25.9 Å². The number of aromatic amines is 1. The van der Waals surface area contributed by atoms with Crippen molar-refractivity contribution < 1.29 is 13.5 Å². The monoisotopic (exact) mass is 259 g/mol. The number of aromatic nitrogens is 2. The van der Waals surface area contributed by atoms with E-state index < -0.39 is 10.0 Å². The van der Waals surface area contributed by atoms with E-state index in [2.05, 4.69) is 10.2 Å². The smallest absolute Gasteiger partial charge is 0.246 e. The van der Waals surface area contributed by atoms with Crippen molar-refractivity contribution in [2.75, 3.05) is 13.1 Å². The number of piperidine rings is 1. The fourth-order valence-corrected chi connectivity index (χ4v) is 3.50. The predicted molar refractivity (Wildman–Crippen MR) is 61.8 cm³/mol. The van der Waals surface area contributed by atoms with E-state index in [0.717, 1.165) is 0 Å². The van der Waals surface area contributed by atoms with Crippen LogP contribution in [0.1, 0.15) is 19.8 Å². The maximum absolute atomic E-state index is 12.1. The first kappa shape index (κ1) is 12.5. The molecule has 6 nitrogen and oxygen atoms in total. The van der Waals surface area contributed by atoms with Gasteiger partial charge in [0.15, 0.2) is 0 Å². The van der Waals surface area contributed by atoms with Gasteiger partial charge in [0, 0.05) is 19.3 Å². The first-order chi connectivity index (χ1) is 8.01. The van der Waals surface area contributed by atoms with Gasteiger partial charge in [-0.2, -0.15) is 9.40 Å². The lowest BCUT2D eigenvalue weighted by Crippen LogP contribution is -2.40. The van der Waals surface area contributed by atoms with E-state index >= 15 is 0 Å². The van der Waals surface area contributed by atoms with Crippen LogP contribution in [0.2, 0.25) is 0 Å². The minimum absolute atomic E-state index is 0.200. The summed E-state index contributed by atoms with van der Waals surface area (Å²) in [5.41, 5.74) is 0. The lowest BCUT2D eigenvalue weighted by Gasteiger charge is -2.32. The zero-order valence-corrected chi connectivity index (χ0v) is 10.5. The molecule has 7 heteroatoms. The van der Waals surface area contributed by atoms with E-state index in [1.165, 1.54) is 16.7 Å². The quantitative estimate of drug-likeness (QED) is 0.811. The van der Waals surface area contributed by atoms with E-state index in [1.807, 2.05) is 0 Å². The Labute approximate surface area is 101 Å². The Morgan fingerprint density at radius 3 is 2.65 bits per heavy atom. The van der Waals surface area contributed by atoms with Crippen LogP contribution in [0.3, 0.4) is 0 Å². The van der Waals surface area contributed by atoms with Crippen molar-refractivity contribution in [2.45, 2.75) is 30.8 Å². The van der Waals surface area contributed by atoms with Crippen LogP contribution in [0.25, 0.3) is 0 Å². The topological polar surface area (TPSA) is 86.3 Å². The van der Waals surface area contributed by atoms with Gasteiger partial charge < -0.3 is 5.11 Å². The Kier molecular flexibility index (Phi) is 3.50. The normalized spacial score (nSPS) is 21.5. The summed E-state index contributed by atoms with van der Waals surface area (Å²) in [6.45, 7) is 2.68. The van der Waals surface area contributed by atoms with Crippen LogP contribution >= 0.6 is 0 Å². The molecular weight excluding hydrogens is 242 g/mol. The predicted octanol–water partition coefficient (Wildman–Crippen LogP) is 0.191. The molecule has 0 aromatic carbocycles. The Hall–Kier alpha value is -0.920. The van der Waals surface area contributed by atoms with Gasteiger partial charge in [-0.05, 0) is 25.7 Å². The Balaban J connectivity index is 2.07. The molecule has 1 fully saturated rings. The van der Waals surface area contributed by atoms with Crippen LogP contribution in [0.5, 0.6) is 0 Å². The number of H-pyrrole nitrogens is 1. The molecule has 1 aromatic heterocycles. The fourth-order valence-electron chi connectivity index (χ4n) is 2.13. The van der Waals surface area contributed by atoms with Crippen molar-refractivity contribution >= 4 is 10.0 Å². The highest BCUT2D eigenvalue weighted by Crippen LogP contribution is 2.25. The van der Waals surface area contributed by atoms with Crippen LogP contribution in [0.15, 0.2) is 17.3 Å². The number of nitrogens with one attached hydrogen (secondary N) is 1. The third kappa shape index (κ3) is 2.51. The molecule has 0 saturated carbocycles. The largest absolute Gasteiger partial charge is 0.393 e. The summed E-state index contributed by atoms with van der Waals surface area (Å²) in [7, 11) is -3.41. The summed E-state index contributed by atoms with van der Waals surface area (Å²) >= 11 is 0. The maximum atomic E-state index is 12.1. The van der Waals surface area contributed by atoms with Crippen LogP contribution < -0.4 is 0 Å². The number of sulfonamides is 1. The summed E-state index contributed by atoms with van der Waals surface area (Å²) in [5.74, 6) is 0.200. The third-order valence-electron chi connectivity index (χ3n) is 3.29. The second-order valence-corrected chi connectivity index (χ2v) is 6.35. The maximum Gasteiger partial charge on any atom is 0.246 e. The minimum atomic E-state index is -3.41. The summed E-state index contributed by atoms with van der Waals surface area (Å²) < 4.78 is 25.7. The molecule has 2 heterocycles. The minimum Gasteiger partial charge on any atom is -0.393 e. The number of hydrogen-bond donors (Lipinski definition) is 2.